The zero-order chi connectivity index (χ0) is 19.9. The summed E-state index contributed by atoms with van der Waals surface area (Å²) in [6.07, 6.45) is 7.03. The molecule has 9 heteroatoms. The van der Waals surface area contributed by atoms with Gasteiger partial charge >= 0.3 is 12.1 Å². The maximum atomic E-state index is 11.5. The van der Waals surface area contributed by atoms with E-state index in [4.69, 9.17) is 9.15 Å². The second-order valence-electron chi connectivity index (χ2n) is 7.01. The molecule has 0 fully saturated rings. The van der Waals surface area contributed by atoms with E-state index in [1.165, 1.54) is 13.4 Å². The van der Waals surface area contributed by atoms with E-state index in [2.05, 4.69) is 20.1 Å². The van der Waals surface area contributed by atoms with Crippen LogP contribution in [0.15, 0.2) is 23.1 Å². The summed E-state index contributed by atoms with van der Waals surface area (Å²) in [6.45, 7) is 6.81. The number of aryl methyl sites for hydroxylation is 1. The Hall–Kier alpha value is -2.84. The van der Waals surface area contributed by atoms with Gasteiger partial charge in [0.1, 0.15) is 11.9 Å². The Morgan fingerprint density at radius 3 is 2.74 bits per heavy atom. The summed E-state index contributed by atoms with van der Waals surface area (Å²) >= 11 is 0. The summed E-state index contributed by atoms with van der Waals surface area (Å²) in [7, 11) is 1.29. The SMILES string of the molecule is COC(=O)c1coc(-c2cnn(CCCCCNC(=O)OC(C)(C)C)c2)n1. The van der Waals surface area contributed by atoms with Gasteiger partial charge in [0.05, 0.1) is 18.9 Å². The molecule has 0 saturated heterocycles. The lowest BCUT2D eigenvalue weighted by Crippen LogP contribution is -2.33. The number of methoxy groups -OCH3 is 1. The molecular formula is C18H26N4O5. The van der Waals surface area contributed by atoms with Crippen LogP contribution in [0.2, 0.25) is 0 Å². The lowest BCUT2D eigenvalue weighted by Gasteiger charge is -2.19. The third kappa shape index (κ3) is 6.76. The van der Waals surface area contributed by atoms with Gasteiger partial charge in [-0.2, -0.15) is 5.10 Å². The molecule has 27 heavy (non-hydrogen) atoms. The number of carbonyl (C=O) groups is 2. The molecule has 0 aliphatic carbocycles. The average Bonchev–Trinajstić information content (AvgIpc) is 3.24. The Labute approximate surface area is 158 Å². The number of oxazole rings is 1. The first-order valence-electron chi connectivity index (χ1n) is 8.82. The molecule has 0 aliphatic heterocycles. The van der Waals surface area contributed by atoms with E-state index in [9.17, 15) is 9.59 Å². The molecule has 0 aromatic carbocycles. The molecule has 0 spiro atoms. The van der Waals surface area contributed by atoms with E-state index < -0.39 is 17.7 Å². The number of aromatic nitrogens is 3. The van der Waals surface area contributed by atoms with E-state index in [1.807, 2.05) is 27.0 Å². The fraction of sp³-hybridized carbons (Fsp3) is 0.556. The average molecular weight is 378 g/mol. The van der Waals surface area contributed by atoms with Crippen LogP contribution in [0.4, 0.5) is 4.79 Å². The maximum Gasteiger partial charge on any atom is 0.407 e. The van der Waals surface area contributed by atoms with Crippen molar-refractivity contribution in [1.82, 2.24) is 20.1 Å². The van der Waals surface area contributed by atoms with Gasteiger partial charge in [0, 0.05) is 19.3 Å². The topological polar surface area (TPSA) is 108 Å². The molecule has 9 nitrogen and oxygen atoms in total. The van der Waals surface area contributed by atoms with Crippen molar-refractivity contribution in [3.8, 4) is 11.5 Å². The molecule has 0 aliphatic rings. The number of ether oxygens (including phenoxy) is 2. The highest BCUT2D eigenvalue weighted by atomic mass is 16.6. The molecule has 0 unspecified atom stereocenters. The van der Waals surface area contributed by atoms with E-state index in [1.54, 1.807) is 10.9 Å². The standard InChI is InChI=1S/C18H26N4O5/c1-18(2,3)27-17(24)19-8-6-5-7-9-22-11-13(10-20-22)15-21-14(12-26-15)16(23)25-4/h10-12H,5-9H2,1-4H3,(H,19,24). The molecule has 0 atom stereocenters. The number of hydrogen-bond acceptors (Lipinski definition) is 7. The van der Waals surface area contributed by atoms with E-state index in [-0.39, 0.29) is 5.69 Å². The van der Waals surface area contributed by atoms with Gasteiger partial charge in [-0.3, -0.25) is 4.68 Å². The number of unbranched alkanes of at least 4 members (excludes halogenated alkanes) is 2. The van der Waals surface area contributed by atoms with Crippen LogP contribution >= 0.6 is 0 Å². The molecule has 2 heterocycles. The monoisotopic (exact) mass is 378 g/mol. The van der Waals surface area contributed by atoms with Crippen molar-refractivity contribution in [3.05, 3.63) is 24.4 Å². The first-order chi connectivity index (χ1) is 12.8. The fourth-order valence-electron chi connectivity index (χ4n) is 2.28. The molecule has 0 saturated carbocycles. The van der Waals surface area contributed by atoms with Crippen LogP contribution in [0.25, 0.3) is 11.5 Å². The van der Waals surface area contributed by atoms with Gasteiger partial charge < -0.3 is 19.2 Å². The number of hydrogen-bond donors (Lipinski definition) is 1. The van der Waals surface area contributed by atoms with Gasteiger partial charge in [0.15, 0.2) is 5.69 Å². The van der Waals surface area contributed by atoms with Gasteiger partial charge in [0.25, 0.3) is 0 Å². The van der Waals surface area contributed by atoms with Crippen LogP contribution in [-0.4, -0.2) is 46.1 Å². The number of esters is 1. The normalized spacial score (nSPS) is 11.3. The second-order valence-corrected chi connectivity index (χ2v) is 7.01. The number of amides is 1. The predicted octanol–water partition coefficient (Wildman–Crippen LogP) is 3.02. The highest BCUT2D eigenvalue weighted by molar-refractivity contribution is 5.87. The van der Waals surface area contributed by atoms with Crippen LogP contribution in [0.5, 0.6) is 0 Å². The van der Waals surface area contributed by atoms with Crippen molar-refractivity contribution in [1.29, 1.82) is 0 Å². The first kappa shape index (κ1) is 20.5. The number of rotatable bonds is 8. The van der Waals surface area contributed by atoms with Crippen LogP contribution in [-0.2, 0) is 16.0 Å². The number of nitrogens with zero attached hydrogens (tertiary/aromatic N) is 3. The molecular weight excluding hydrogens is 352 g/mol. The molecule has 2 aromatic heterocycles. The van der Waals surface area contributed by atoms with Crippen LogP contribution in [0, 0.1) is 0 Å². The molecule has 1 amide bonds. The zero-order valence-electron chi connectivity index (χ0n) is 16.2. The largest absolute Gasteiger partial charge is 0.464 e. The third-order valence-corrected chi connectivity index (χ3v) is 3.51. The van der Waals surface area contributed by atoms with Crippen molar-refractivity contribution < 1.29 is 23.5 Å². The zero-order valence-corrected chi connectivity index (χ0v) is 16.2. The molecule has 2 rings (SSSR count). The highest BCUT2D eigenvalue weighted by Gasteiger charge is 2.16. The Morgan fingerprint density at radius 2 is 2.04 bits per heavy atom. The summed E-state index contributed by atoms with van der Waals surface area (Å²) < 4.78 is 16.8. The van der Waals surface area contributed by atoms with E-state index in [0.717, 1.165) is 25.8 Å². The Bertz CT molecular complexity index is 760. The number of alkyl carbamates (subject to hydrolysis) is 1. The summed E-state index contributed by atoms with van der Waals surface area (Å²) in [6, 6.07) is 0. The van der Waals surface area contributed by atoms with Gasteiger partial charge in [-0.15, -0.1) is 0 Å². The molecule has 1 N–H and O–H groups in total. The Balaban J connectivity index is 1.69. The smallest absolute Gasteiger partial charge is 0.407 e. The van der Waals surface area contributed by atoms with Gasteiger partial charge in [-0.05, 0) is 40.0 Å². The fourth-order valence-corrected chi connectivity index (χ4v) is 2.28. The van der Waals surface area contributed by atoms with Gasteiger partial charge in [-0.25, -0.2) is 14.6 Å². The van der Waals surface area contributed by atoms with E-state index >= 15 is 0 Å². The van der Waals surface area contributed by atoms with Crippen molar-refractivity contribution >= 4 is 12.1 Å². The minimum absolute atomic E-state index is 0.123. The quantitative estimate of drug-likeness (QED) is 0.555. The Kier molecular flexibility index (Phi) is 6.98. The molecule has 2 aromatic rings. The Morgan fingerprint density at radius 1 is 1.26 bits per heavy atom. The number of carbonyl (C=O) groups excluding carboxylic acids is 2. The second kappa shape index (κ2) is 9.20. The van der Waals surface area contributed by atoms with Crippen molar-refractivity contribution in [2.45, 2.75) is 52.2 Å². The highest BCUT2D eigenvalue weighted by Crippen LogP contribution is 2.18. The molecule has 0 radical (unpaired) electrons. The number of nitrogens with one attached hydrogen (secondary N) is 1. The lowest BCUT2D eigenvalue weighted by molar-refractivity contribution is 0.0525. The first-order valence-corrected chi connectivity index (χ1v) is 8.82. The minimum atomic E-state index is -0.544. The predicted molar refractivity (Wildman–Crippen MR) is 97.2 cm³/mol. The minimum Gasteiger partial charge on any atom is -0.464 e. The maximum absolute atomic E-state index is 11.5. The van der Waals surface area contributed by atoms with Gasteiger partial charge in [0.2, 0.25) is 5.89 Å². The van der Waals surface area contributed by atoms with Crippen molar-refractivity contribution in [2.24, 2.45) is 0 Å². The van der Waals surface area contributed by atoms with Crippen molar-refractivity contribution in [2.75, 3.05) is 13.7 Å². The summed E-state index contributed by atoms with van der Waals surface area (Å²) in [4.78, 5) is 27.0. The van der Waals surface area contributed by atoms with Crippen LogP contribution < -0.4 is 5.32 Å². The van der Waals surface area contributed by atoms with Crippen LogP contribution in [0.1, 0.15) is 50.5 Å². The third-order valence-electron chi connectivity index (χ3n) is 3.51. The van der Waals surface area contributed by atoms with Gasteiger partial charge in [-0.1, -0.05) is 0 Å². The molecule has 0 bridgehead atoms. The summed E-state index contributed by atoms with van der Waals surface area (Å²) in [5, 5.41) is 7.00. The molecule has 148 valence electrons. The summed E-state index contributed by atoms with van der Waals surface area (Å²) in [5.41, 5.74) is 0.331. The van der Waals surface area contributed by atoms with E-state index in [0.29, 0.717) is 18.0 Å². The summed E-state index contributed by atoms with van der Waals surface area (Å²) in [5.74, 6) is -0.222. The van der Waals surface area contributed by atoms with Crippen molar-refractivity contribution in [3.63, 3.8) is 0 Å². The lowest BCUT2D eigenvalue weighted by atomic mass is 10.2. The van der Waals surface area contributed by atoms with Crippen LogP contribution in [0.3, 0.4) is 0 Å².